The zero-order chi connectivity index (χ0) is 15.1. The summed E-state index contributed by atoms with van der Waals surface area (Å²) in [6.07, 6.45) is 1.84. The molecule has 0 aliphatic rings. The second-order valence-corrected chi connectivity index (χ2v) is 5.31. The highest BCUT2D eigenvalue weighted by molar-refractivity contribution is 6.30. The van der Waals surface area contributed by atoms with E-state index in [1.165, 1.54) is 0 Å². The summed E-state index contributed by atoms with van der Waals surface area (Å²) >= 11 is 5.81. The van der Waals surface area contributed by atoms with Gasteiger partial charge in [0.05, 0.1) is 12.3 Å². The largest absolute Gasteiger partial charge is 0.491 e. The molecular weight excluding hydrogens is 286 g/mol. The molecule has 0 radical (unpaired) electrons. The first-order valence-electron chi connectivity index (χ1n) is 6.80. The molecule has 0 saturated heterocycles. The molecule has 0 aliphatic carbocycles. The van der Waals surface area contributed by atoms with Gasteiger partial charge in [0.1, 0.15) is 12.4 Å². The van der Waals surface area contributed by atoms with Crippen molar-refractivity contribution < 1.29 is 9.57 Å². The van der Waals surface area contributed by atoms with Gasteiger partial charge >= 0.3 is 0 Å². The molecular formula is C17H18ClNO2. The van der Waals surface area contributed by atoms with E-state index in [4.69, 9.17) is 21.2 Å². The highest BCUT2D eigenvalue weighted by atomic mass is 35.5. The van der Waals surface area contributed by atoms with Crippen molar-refractivity contribution in [3.8, 4) is 5.75 Å². The highest BCUT2D eigenvalue weighted by Crippen LogP contribution is 2.14. The molecule has 0 atom stereocenters. The monoisotopic (exact) mass is 303 g/mol. The summed E-state index contributed by atoms with van der Waals surface area (Å²) in [5, 5.41) is 4.64. The molecule has 2 aromatic rings. The second-order valence-electron chi connectivity index (χ2n) is 4.87. The number of nitrogens with zero attached hydrogens (tertiary/aromatic N) is 1. The SMILES string of the molecule is CC(C)Oc1ccc(CO/N=C/c2ccc(Cl)cc2)cc1. The number of oxime groups is 1. The standard InChI is InChI=1S/C17H18ClNO2/c1-13(2)21-17-9-5-15(6-10-17)12-20-19-11-14-3-7-16(18)8-4-14/h3-11,13H,12H2,1-2H3/b19-11+. The van der Waals surface area contributed by atoms with Crippen molar-refractivity contribution in [2.45, 2.75) is 26.6 Å². The summed E-state index contributed by atoms with van der Waals surface area (Å²) < 4.78 is 5.58. The zero-order valence-electron chi connectivity index (χ0n) is 12.1. The number of rotatable bonds is 6. The smallest absolute Gasteiger partial charge is 0.142 e. The first kappa shape index (κ1) is 15.4. The average molecular weight is 304 g/mol. The third-order valence-electron chi connectivity index (χ3n) is 2.67. The van der Waals surface area contributed by atoms with Crippen LogP contribution in [0.25, 0.3) is 0 Å². The molecule has 0 aromatic heterocycles. The summed E-state index contributed by atoms with van der Waals surface area (Å²) in [6, 6.07) is 15.2. The predicted molar refractivity (Wildman–Crippen MR) is 86.0 cm³/mol. The maximum atomic E-state index is 5.81. The highest BCUT2D eigenvalue weighted by Gasteiger charge is 1.98. The van der Waals surface area contributed by atoms with Gasteiger partial charge in [-0.25, -0.2) is 0 Å². The Bertz CT molecular complexity index is 577. The van der Waals surface area contributed by atoms with Gasteiger partial charge in [0, 0.05) is 5.02 Å². The normalized spacial score (nSPS) is 11.0. The third kappa shape index (κ3) is 5.48. The van der Waals surface area contributed by atoms with Crippen LogP contribution in [0.15, 0.2) is 53.7 Å². The minimum atomic E-state index is 0.177. The van der Waals surface area contributed by atoms with Gasteiger partial charge in [0.15, 0.2) is 0 Å². The Morgan fingerprint density at radius 1 is 1.05 bits per heavy atom. The Morgan fingerprint density at radius 3 is 2.33 bits per heavy atom. The number of halogens is 1. The van der Waals surface area contributed by atoms with Crippen LogP contribution in [0.1, 0.15) is 25.0 Å². The van der Waals surface area contributed by atoms with E-state index in [0.717, 1.165) is 16.9 Å². The molecule has 0 heterocycles. The van der Waals surface area contributed by atoms with Crippen molar-refractivity contribution >= 4 is 17.8 Å². The Labute approximate surface area is 130 Å². The van der Waals surface area contributed by atoms with Crippen molar-refractivity contribution in [1.82, 2.24) is 0 Å². The molecule has 0 amide bonds. The quantitative estimate of drug-likeness (QED) is 0.573. The predicted octanol–water partition coefficient (Wildman–Crippen LogP) is 4.68. The number of ether oxygens (including phenoxy) is 1. The van der Waals surface area contributed by atoms with Crippen LogP contribution in [0.4, 0.5) is 0 Å². The molecule has 4 heteroatoms. The van der Waals surface area contributed by atoms with Crippen LogP contribution in [0.5, 0.6) is 5.75 Å². The lowest BCUT2D eigenvalue weighted by Gasteiger charge is -2.09. The summed E-state index contributed by atoms with van der Waals surface area (Å²) in [5.74, 6) is 0.860. The van der Waals surface area contributed by atoms with E-state index in [0.29, 0.717) is 11.6 Å². The average Bonchev–Trinajstić information content (AvgIpc) is 2.46. The minimum absolute atomic E-state index is 0.177. The number of benzene rings is 2. The summed E-state index contributed by atoms with van der Waals surface area (Å²) in [5.41, 5.74) is 1.99. The lowest BCUT2D eigenvalue weighted by Crippen LogP contribution is -2.05. The van der Waals surface area contributed by atoms with E-state index in [9.17, 15) is 0 Å². The van der Waals surface area contributed by atoms with Gasteiger partial charge in [-0.2, -0.15) is 0 Å². The lowest BCUT2D eigenvalue weighted by atomic mass is 10.2. The molecule has 0 fully saturated rings. The van der Waals surface area contributed by atoms with Gasteiger partial charge in [-0.05, 0) is 49.2 Å². The summed E-state index contributed by atoms with van der Waals surface area (Å²) in [7, 11) is 0. The number of hydrogen-bond acceptors (Lipinski definition) is 3. The minimum Gasteiger partial charge on any atom is -0.491 e. The fourth-order valence-corrected chi connectivity index (χ4v) is 1.82. The van der Waals surface area contributed by atoms with Crippen molar-refractivity contribution in [2.75, 3.05) is 0 Å². The maximum absolute atomic E-state index is 5.81. The van der Waals surface area contributed by atoms with E-state index in [-0.39, 0.29) is 6.10 Å². The third-order valence-corrected chi connectivity index (χ3v) is 2.92. The van der Waals surface area contributed by atoms with E-state index in [1.807, 2.05) is 62.4 Å². The van der Waals surface area contributed by atoms with Crippen molar-refractivity contribution in [3.63, 3.8) is 0 Å². The van der Waals surface area contributed by atoms with E-state index in [2.05, 4.69) is 5.16 Å². The number of hydrogen-bond donors (Lipinski definition) is 0. The Morgan fingerprint density at radius 2 is 1.71 bits per heavy atom. The van der Waals surface area contributed by atoms with Crippen LogP contribution in [0.3, 0.4) is 0 Å². The van der Waals surface area contributed by atoms with Crippen LogP contribution in [-0.4, -0.2) is 12.3 Å². The van der Waals surface area contributed by atoms with Crippen LogP contribution < -0.4 is 4.74 Å². The summed E-state index contributed by atoms with van der Waals surface area (Å²) in [4.78, 5) is 5.27. The molecule has 0 spiro atoms. The first-order chi connectivity index (χ1) is 10.1. The summed E-state index contributed by atoms with van der Waals surface area (Å²) in [6.45, 7) is 4.43. The fourth-order valence-electron chi connectivity index (χ4n) is 1.70. The van der Waals surface area contributed by atoms with E-state index < -0.39 is 0 Å². The second kappa shape index (κ2) is 7.70. The van der Waals surface area contributed by atoms with Gasteiger partial charge in [-0.1, -0.05) is 41.0 Å². The molecule has 2 rings (SSSR count). The molecule has 3 nitrogen and oxygen atoms in total. The molecule has 0 unspecified atom stereocenters. The molecule has 0 saturated carbocycles. The van der Waals surface area contributed by atoms with Crippen molar-refractivity contribution in [2.24, 2.45) is 5.16 Å². The topological polar surface area (TPSA) is 30.8 Å². The zero-order valence-corrected chi connectivity index (χ0v) is 12.9. The molecule has 0 bridgehead atoms. The fraction of sp³-hybridized carbons (Fsp3) is 0.235. The van der Waals surface area contributed by atoms with E-state index >= 15 is 0 Å². The van der Waals surface area contributed by atoms with Crippen LogP contribution >= 0.6 is 11.6 Å². The van der Waals surface area contributed by atoms with Crippen LogP contribution in [0.2, 0.25) is 5.02 Å². The van der Waals surface area contributed by atoms with Crippen molar-refractivity contribution in [3.05, 3.63) is 64.7 Å². The molecule has 0 aliphatic heterocycles. The maximum Gasteiger partial charge on any atom is 0.142 e. The Balaban J connectivity index is 1.81. The van der Waals surface area contributed by atoms with Crippen molar-refractivity contribution in [1.29, 1.82) is 0 Å². The first-order valence-corrected chi connectivity index (χ1v) is 7.18. The van der Waals surface area contributed by atoms with Gasteiger partial charge in [-0.15, -0.1) is 0 Å². The Hall–Kier alpha value is -2.00. The lowest BCUT2D eigenvalue weighted by molar-refractivity contribution is 0.132. The molecule has 21 heavy (non-hydrogen) atoms. The van der Waals surface area contributed by atoms with Gasteiger partial charge in [0.25, 0.3) is 0 Å². The van der Waals surface area contributed by atoms with Crippen LogP contribution in [0, 0.1) is 0 Å². The molecule has 110 valence electrons. The van der Waals surface area contributed by atoms with Gasteiger partial charge in [-0.3, -0.25) is 0 Å². The van der Waals surface area contributed by atoms with Gasteiger partial charge < -0.3 is 9.57 Å². The molecule has 2 aromatic carbocycles. The van der Waals surface area contributed by atoms with E-state index in [1.54, 1.807) is 6.21 Å². The molecule has 0 N–H and O–H groups in total. The Kier molecular flexibility index (Phi) is 5.64. The van der Waals surface area contributed by atoms with Gasteiger partial charge in [0.2, 0.25) is 0 Å². The van der Waals surface area contributed by atoms with Crippen LogP contribution in [-0.2, 0) is 11.4 Å².